The van der Waals surface area contributed by atoms with Crippen LogP contribution >= 0.6 is 11.6 Å². The third-order valence-electron chi connectivity index (χ3n) is 3.79. The summed E-state index contributed by atoms with van der Waals surface area (Å²) in [4.78, 5) is 8.64. The Bertz CT molecular complexity index is 1010. The van der Waals surface area contributed by atoms with E-state index in [1.54, 1.807) is 43.7 Å². The quantitative estimate of drug-likeness (QED) is 0.742. The molecular weight excluding hydrogens is 360 g/mol. The van der Waals surface area contributed by atoms with Gasteiger partial charge in [0.1, 0.15) is 11.6 Å². The highest BCUT2D eigenvalue weighted by Crippen LogP contribution is 2.20. The van der Waals surface area contributed by atoms with Crippen molar-refractivity contribution >= 4 is 21.6 Å². The second kappa shape index (κ2) is 6.95. The third kappa shape index (κ3) is 3.89. The van der Waals surface area contributed by atoms with Gasteiger partial charge in [-0.25, -0.2) is 23.1 Å². The van der Waals surface area contributed by atoms with E-state index in [0.717, 1.165) is 11.4 Å². The van der Waals surface area contributed by atoms with Crippen molar-refractivity contribution in [3.05, 3.63) is 70.9 Å². The summed E-state index contributed by atoms with van der Waals surface area (Å²) >= 11 is 5.92. The number of hydrogen-bond donors (Lipinski definition) is 1. The molecular formula is C17H17ClN4O2S. The van der Waals surface area contributed by atoms with Crippen LogP contribution in [-0.2, 0) is 16.6 Å². The summed E-state index contributed by atoms with van der Waals surface area (Å²) in [6.45, 7) is 3.76. The van der Waals surface area contributed by atoms with Gasteiger partial charge in [0.15, 0.2) is 0 Å². The van der Waals surface area contributed by atoms with Crippen LogP contribution in [0.4, 0.5) is 0 Å². The number of sulfonamides is 1. The normalized spacial score (nSPS) is 11.6. The molecule has 0 saturated carbocycles. The van der Waals surface area contributed by atoms with Gasteiger partial charge in [-0.05, 0) is 49.2 Å². The Kier molecular flexibility index (Phi) is 4.89. The molecule has 1 N–H and O–H groups in total. The second-order valence-electron chi connectivity index (χ2n) is 5.60. The van der Waals surface area contributed by atoms with E-state index in [4.69, 9.17) is 11.6 Å². The van der Waals surface area contributed by atoms with Crippen molar-refractivity contribution in [3.63, 3.8) is 0 Å². The molecule has 2 heterocycles. The fourth-order valence-corrected chi connectivity index (χ4v) is 3.96. The lowest BCUT2D eigenvalue weighted by Gasteiger charge is -2.11. The minimum absolute atomic E-state index is 0.150. The van der Waals surface area contributed by atoms with Gasteiger partial charge in [0.05, 0.1) is 4.90 Å². The molecule has 0 aliphatic carbocycles. The Hall–Kier alpha value is -2.22. The van der Waals surface area contributed by atoms with Crippen molar-refractivity contribution in [1.29, 1.82) is 0 Å². The lowest BCUT2D eigenvalue weighted by molar-refractivity contribution is 0.580. The van der Waals surface area contributed by atoms with Crippen LogP contribution < -0.4 is 4.72 Å². The molecule has 130 valence electrons. The van der Waals surface area contributed by atoms with Crippen molar-refractivity contribution in [3.8, 4) is 5.82 Å². The van der Waals surface area contributed by atoms with Crippen molar-refractivity contribution in [1.82, 2.24) is 19.3 Å². The Morgan fingerprint density at radius 3 is 2.64 bits per heavy atom. The van der Waals surface area contributed by atoms with Gasteiger partial charge in [-0.3, -0.25) is 4.57 Å². The molecule has 8 heteroatoms. The number of imidazole rings is 1. The van der Waals surface area contributed by atoms with E-state index in [2.05, 4.69) is 14.7 Å². The molecule has 3 aromatic rings. The molecule has 3 rings (SSSR count). The summed E-state index contributed by atoms with van der Waals surface area (Å²) in [6.07, 6.45) is 5.14. The molecule has 0 atom stereocenters. The summed E-state index contributed by atoms with van der Waals surface area (Å²) < 4.78 is 29.5. The average Bonchev–Trinajstić information content (AvgIpc) is 3.01. The highest BCUT2D eigenvalue weighted by Gasteiger charge is 2.17. The molecule has 0 aliphatic heterocycles. The minimum atomic E-state index is -3.66. The first kappa shape index (κ1) is 17.6. The van der Waals surface area contributed by atoms with Crippen LogP contribution in [-0.4, -0.2) is 23.0 Å². The first-order chi connectivity index (χ1) is 11.9. The minimum Gasteiger partial charge on any atom is -0.288 e. The molecule has 0 fully saturated rings. The maximum absolute atomic E-state index is 12.5. The van der Waals surface area contributed by atoms with Gasteiger partial charge in [0.25, 0.3) is 0 Å². The lowest BCUT2D eigenvalue weighted by Crippen LogP contribution is -2.24. The maximum atomic E-state index is 12.5. The summed E-state index contributed by atoms with van der Waals surface area (Å²) in [5.41, 5.74) is 1.43. The number of aryl methyl sites for hydroxylation is 2. The number of hydrogen-bond acceptors (Lipinski definition) is 4. The monoisotopic (exact) mass is 376 g/mol. The van der Waals surface area contributed by atoms with Crippen LogP contribution in [0.1, 0.15) is 17.0 Å². The second-order valence-corrected chi connectivity index (χ2v) is 7.77. The molecule has 0 amide bonds. The van der Waals surface area contributed by atoms with Crippen LogP contribution in [0.3, 0.4) is 0 Å². The first-order valence-corrected chi connectivity index (χ1v) is 9.44. The SMILES string of the molecule is Cc1ccc(Cl)cc1S(=O)(=O)NCc1ccnc(-n2ccnc2C)c1. The van der Waals surface area contributed by atoms with E-state index in [9.17, 15) is 8.42 Å². The van der Waals surface area contributed by atoms with Crippen LogP contribution in [0.5, 0.6) is 0 Å². The smallest absolute Gasteiger partial charge is 0.241 e. The molecule has 1 aromatic carbocycles. The fourth-order valence-electron chi connectivity index (χ4n) is 2.44. The Morgan fingerprint density at radius 1 is 1.12 bits per heavy atom. The van der Waals surface area contributed by atoms with E-state index < -0.39 is 10.0 Å². The number of nitrogens with zero attached hydrogens (tertiary/aromatic N) is 3. The Morgan fingerprint density at radius 2 is 1.92 bits per heavy atom. The molecule has 2 aromatic heterocycles. The van der Waals surface area contributed by atoms with E-state index in [0.29, 0.717) is 16.4 Å². The number of aromatic nitrogens is 3. The number of pyridine rings is 1. The predicted molar refractivity (Wildman–Crippen MR) is 96.3 cm³/mol. The van der Waals surface area contributed by atoms with E-state index in [1.807, 2.05) is 17.6 Å². The molecule has 0 aliphatic rings. The largest absolute Gasteiger partial charge is 0.288 e. The summed E-state index contributed by atoms with van der Waals surface area (Å²) in [7, 11) is -3.66. The van der Waals surface area contributed by atoms with Crippen molar-refractivity contribution in [2.45, 2.75) is 25.3 Å². The first-order valence-electron chi connectivity index (χ1n) is 7.58. The molecule has 25 heavy (non-hydrogen) atoms. The van der Waals surface area contributed by atoms with Gasteiger partial charge >= 0.3 is 0 Å². The summed E-state index contributed by atoms with van der Waals surface area (Å²) in [5.74, 6) is 1.49. The van der Waals surface area contributed by atoms with Crippen molar-refractivity contribution < 1.29 is 8.42 Å². The van der Waals surface area contributed by atoms with E-state index >= 15 is 0 Å². The fraction of sp³-hybridized carbons (Fsp3) is 0.176. The average molecular weight is 377 g/mol. The number of rotatable bonds is 5. The molecule has 0 spiro atoms. The van der Waals surface area contributed by atoms with Crippen molar-refractivity contribution in [2.24, 2.45) is 0 Å². The van der Waals surface area contributed by atoms with E-state index in [-0.39, 0.29) is 11.4 Å². The molecule has 0 bridgehead atoms. The molecule has 6 nitrogen and oxygen atoms in total. The topological polar surface area (TPSA) is 76.9 Å². The third-order valence-corrected chi connectivity index (χ3v) is 5.57. The Balaban J connectivity index is 1.82. The van der Waals surface area contributed by atoms with Crippen LogP contribution in [0.2, 0.25) is 5.02 Å². The van der Waals surface area contributed by atoms with Gasteiger partial charge in [0, 0.05) is 30.2 Å². The highest BCUT2D eigenvalue weighted by molar-refractivity contribution is 7.89. The van der Waals surface area contributed by atoms with Gasteiger partial charge in [0.2, 0.25) is 10.0 Å². The molecule has 0 radical (unpaired) electrons. The summed E-state index contributed by atoms with van der Waals surface area (Å²) in [5, 5.41) is 0.382. The predicted octanol–water partition coefficient (Wildman–Crippen LogP) is 3.02. The zero-order valence-electron chi connectivity index (χ0n) is 13.8. The molecule has 0 unspecified atom stereocenters. The number of halogens is 1. The molecule has 0 saturated heterocycles. The van der Waals surface area contributed by atoms with Crippen LogP contribution in [0.15, 0.2) is 53.8 Å². The van der Waals surface area contributed by atoms with Gasteiger partial charge < -0.3 is 0 Å². The van der Waals surface area contributed by atoms with E-state index in [1.165, 1.54) is 6.07 Å². The van der Waals surface area contributed by atoms with Gasteiger partial charge in [-0.1, -0.05) is 17.7 Å². The van der Waals surface area contributed by atoms with Gasteiger partial charge in [-0.2, -0.15) is 0 Å². The lowest BCUT2D eigenvalue weighted by atomic mass is 10.2. The zero-order valence-corrected chi connectivity index (χ0v) is 15.3. The Labute approximate surface area is 151 Å². The van der Waals surface area contributed by atoms with Gasteiger partial charge in [-0.15, -0.1) is 0 Å². The van der Waals surface area contributed by atoms with Crippen LogP contribution in [0, 0.1) is 13.8 Å². The highest BCUT2D eigenvalue weighted by atomic mass is 35.5. The standard InChI is InChI=1S/C17H17ClN4O2S/c1-12-3-4-15(18)10-16(12)25(23,24)21-11-14-5-6-20-17(9-14)22-8-7-19-13(22)2/h3-10,21H,11H2,1-2H3. The summed E-state index contributed by atoms with van der Waals surface area (Å²) in [6, 6.07) is 8.39. The zero-order chi connectivity index (χ0) is 18.0. The number of benzene rings is 1. The maximum Gasteiger partial charge on any atom is 0.241 e. The van der Waals surface area contributed by atoms with Crippen LogP contribution in [0.25, 0.3) is 5.82 Å². The van der Waals surface area contributed by atoms with Crippen molar-refractivity contribution in [2.75, 3.05) is 0 Å². The number of nitrogens with one attached hydrogen (secondary N) is 1.